The zero-order valence-corrected chi connectivity index (χ0v) is 12.6. The van der Waals surface area contributed by atoms with E-state index in [4.69, 9.17) is 0 Å². The van der Waals surface area contributed by atoms with Crippen LogP contribution in [0.3, 0.4) is 0 Å². The van der Waals surface area contributed by atoms with Crippen LogP contribution in [0.4, 0.5) is 0 Å². The van der Waals surface area contributed by atoms with Gasteiger partial charge < -0.3 is 10.6 Å². The van der Waals surface area contributed by atoms with E-state index in [9.17, 15) is 4.79 Å². The fraction of sp³-hybridized carbons (Fsp3) is 0.583. The highest BCUT2D eigenvalue weighted by molar-refractivity contribution is 9.11. The Kier molecular flexibility index (Phi) is 5.62. The Bertz CT molecular complexity index is 390. The molecule has 1 aromatic heterocycles. The second-order valence-corrected chi connectivity index (χ2v) is 6.88. The molecule has 2 rings (SSSR count). The largest absolute Gasteiger partial charge is 0.355 e. The van der Waals surface area contributed by atoms with Crippen molar-refractivity contribution >= 4 is 33.2 Å². The first-order valence-electron chi connectivity index (χ1n) is 6.18. The highest BCUT2D eigenvalue weighted by atomic mass is 79.9. The van der Waals surface area contributed by atoms with Crippen molar-refractivity contribution in [3.63, 3.8) is 0 Å². The Labute approximate surface area is 120 Å². The van der Waals surface area contributed by atoms with Crippen LogP contribution in [0.2, 0.25) is 0 Å². The third-order valence-electron chi connectivity index (χ3n) is 2.90. The minimum Gasteiger partial charge on any atom is -0.355 e. The van der Waals surface area contributed by atoms with E-state index in [-0.39, 0.29) is 5.91 Å². The summed E-state index contributed by atoms with van der Waals surface area (Å²) in [6.45, 7) is 5.14. The van der Waals surface area contributed by atoms with E-state index in [1.54, 1.807) is 11.3 Å². The van der Waals surface area contributed by atoms with Gasteiger partial charge >= 0.3 is 0 Å². The molecule has 100 valence electrons. The molecule has 0 aromatic carbocycles. The number of hydrogen-bond donors (Lipinski definition) is 2. The number of carbonyl (C=O) groups excluding carboxylic acids is 1. The van der Waals surface area contributed by atoms with Gasteiger partial charge in [0.25, 0.3) is 0 Å². The number of rotatable bonds is 5. The standard InChI is InChI=1S/C12H18BrN3OS/c13-11-2-1-10(18-11)3-4-15-12(17)9-16-7-5-14-6-8-16/h1-2,14H,3-9H2,(H,15,17). The maximum atomic E-state index is 11.7. The molecule has 1 aliphatic heterocycles. The molecule has 1 amide bonds. The van der Waals surface area contributed by atoms with Crippen LogP contribution in [-0.4, -0.2) is 50.1 Å². The van der Waals surface area contributed by atoms with Crippen LogP contribution in [-0.2, 0) is 11.2 Å². The van der Waals surface area contributed by atoms with E-state index in [1.165, 1.54) is 4.88 Å². The first-order valence-corrected chi connectivity index (χ1v) is 7.79. The van der Waals surface area contributed by atoms with E-state index < -0.39 is 0 Å². The van der Waals surface area contributed by atoms with Crippen LogP contribution in [0.5, 0.6) is 0 Å². The van der Waals surface area contributed by atoms with E-state index in [0.29, 0.717) is 6.54 Å². The van der Waals surface area contributed by atoms with Gasteiger partial charge in [-0.2, -0.15) is 0 Å². The summed E-state index contributed by atoms with van der Waals surface area (Å²) in [5.74, 6) is 0.132. The maximum Gasteiger partial charge on any atom is 0.234 e. The molecule has 0 saturated carbocycles. The Morgan fingerprint density at radius 1 is 1.44 bits per heavy atom. The SMILES string of the molecule is O=C(CN1CCNCC1)NCCc1ccc(Br)s1. The van der Waals surface area contributed by atoms with Crippen LogP contribution >= 0.6 is 27.3 Å². The fourth-order valence-electron chi connectivity index (χ4n) is 1.94. The van der Waals surface area contributed by atoms with Crippen molar-refractivity contribution in [1.29, 1.82) is 0 Å². The van der Waals surface area contributed by atoms with Gasteiger partial charge in [0.1, 0.15) is 0 Å². The molecule has 0 bridgehead atoms. The second kappa shape index (κ2) is 7.23. The second-order valence-electron chi connectivity index (χ2n) is 4.33. The number of halogens is 1. The lowest BCUT2D eigenvalue weighted by atomic mass is 10.3. The van der Waals surface area contributed by atoms with Crippen LogP contribution in [0.15, 0.2) is 15.9 Å². The quantitative estimate of drug-likeness (QED) is 0.848. The average Bonchev–Trinajstić information content (AvgIpc) is 2.76. The molecule has 0 atom stereocenters. The summed E-state index contributed by atoms with van der Waals surface area (Å²) >= 11 is 5.16. The molecule has 4 nitrogen and oxygen atoms in total. The molecule has 18 heavy (non-hydrogen) atoms. The summed E-state index contributed by atoms with van der Waals surface area (Å²) in [4.78, 5) is 15.2. The highest BCUT2D eigenvalue weighted by Gasteiger charge is 2.12. The van der Waals surface area contributed by atoms with E-state index >= 15 is 0 Å². The van der Waals surface area contributed by atoms with Gasteiger partial charge in [0.15, 0.2) is 0 Å². The summed E-state index contributed by atoms with van der Waals surface area (Å²) in [6.07, 6.45) is 0.906. The molecule has 1 fully saturated rings. The fourth-order valence-corrected chi connectivity index (χ4v) is 3.42. The number of carbonyl (C=O) groups is 1. The van der Waals surface area contributed by atoms with Crippen molar-refractivity contribution in [1.82, 2.24) is 15.5 Å². The lowest BCUT2D eigenvalue weighted by Gasteiger charge is -2.26. The van der Waals surface area contributed by atoms with Gasteiger partial charge in [0, 0.05) is 37.6 Å². The molecular weight excluding hydrogens is 314 g/mol. The third-order valence-corrected chi connectivity index (χ3v) is 4.58. The molecule has 6 heteroatoms. The van der Waals surface area contributed by atoms with Crippen molar-refractivity contribution in [3.05, 3.63) is 20.8 Å². The zero-order valence-electron chi connectivity index (χ0n) is 10.2. The minimum atomic E-state index is 0.132. The van der Waals surface area contributed by atoms with E-state index in [2.05, 4.69) is 37.5 Å². The molecule has 0 radical (unpaired) electrons. The first kappa shape index (κ1) is 14.0. The Morgan fingerprint density at radius 3 is 2.89 bits per heavy atom. The van der Waals surface area contributed by atoms with Crippen molar-refractivity contribution in [2.75, 3.05) is 39.3 Å². The molecule has 2 N–H and O–H groups in total. The Balaban J connectivity index is 1.62. The van der Waals surface area contributed by atoms with Gasteiger partial charge in [-0.15, -0.1) is 11.3 Å². The summed E-state index contributed by atoms with van der Waals surface area (Å²) < 4.78 is 1.14. The van der Waals surface area contributed by atoms with Gasteiger partial charge in [0.05, 0.1) is 10.3 Å². The van der Waals surface area contributed by atoms with Gasteiger partial charge in [-0.25, -0.2) is 0 Å². The van der Waals surface area contributed by atoms with Gasteiger partial charge in [0.2, 0.25) is 5.91 Å². The number of piperazine rings is 1. The smallest absolute Gasteiger partial charge is 0.234 e. The average molecular weight is 332 g/mol. The first-order chi connectivity index (χ1) is 8.74. The monoisotopic (exact) mass is 331 g/mol. The molecule has 1 aromatic rings. The molecule has 1 saturated heterocycles. The Hall–Kier alpha value is -0.430. The zero-order chi connectivity index (χ0) is 12.8. The Morgan fingerprint density at radius 2 is 2.22 bits per heavy atom. The molecule has 1 aliphatic rings. The number of amides is 1. The number of thiophene rings is 1. The normalized spacial score (nSPS) is 16.7. The summed E-state index contributed by atoms with van der Waals surface area (Å²) in [7, 11) is 0. The summed E-state index contributed by atoms with van der Waals surface area (Å²) in [5, 5.41) is 6.26. The molecule has 0 unspecified atom stereocenters. The molecule has 0 spiro atoms. The molecule has 0 aliphatic carbocycles. The lowest BCUT2D eigenvalue weighted by Crippen LogP contribution is -2.47. The maximum absolute atomic E-state index is 11.7. The minimum absolute atomic E-state index is 0.132. The van der Waals surface area contributed by atoms with Crippen LogP contribution < -0.4 is 10.6 Å². The van der Waals surface area contributed by atoms with Gasteiger partial charge in [-0.1, -0.05) is 0 Å². The van der Waals surface area contributed by atoms with Crippen LogP contribution in [0, 0.1) is 0 Å². The lowest BCUT2D eigenvalue weighted by molar-refractivity contribution is -0.122. The van der Waals surface area contributed by atoms with E-state index in [0.717, 1.165) is 42.9 Å². The summed E-state index contributed by atoms with van der Waals surface area (Å²) in [5.41, 5.74) is 0. The number of nitrogens with one attached hydrogen (secondary N) is 2. The third kappa shape index (κ3) is 4.68. The van der Waals surface area contributed by atoms with Crippen LogP contribution in [0.25, 0.3) is 0 Å². The van der Waals surface area contributed by atoms with Crippen LogP contribution in [0.1, 0.15) is 4.88 Å². The van der Waals surface area contributed by atoms with Crippen molar-refractivity contribution in [2.24, 2.45) is 0 Å². The predicted octanol–water partition coefficient (Wildman–Crippen LogP) is 1.07. The van der Waals surface area contributed by atoms with Crippen molar-refractivity contribution < 1.29 is 4.79 Å². The van der Waals surface area contributed by atoms with Gasteiger partial charge in [-0.3, -0.25) is 9.69 Å². The van der Waals surface area contributed by atoms with E-state index in [1.807, 2.05) is 6.07 Å². The summed E-state index contributed by atoms with van der Waals surface area (Å²) in [6, 6.07) is 4.14. The highest BCUT2D eigenvalue weighted by Crippen LogP contribution is 2.21. The van der Waals surface area contributed by atoms with Gasteiger partial charge in [-0.05, 0) is 34.5 Å². The molecular formula is C12H18BrN3OS. The van der Waals surface area contributed by atoms with Crippen molar-refractivity contribution in [2.45, 2.75) is 6.42 Å². The molecule has 2 heterocycles. The number of nitrogens with zero attached hydrogens (tertiary/aromatic N) is 1. The predicted molar refractivity (Wildman–Crippen MR) is 78.0 cm³/mol. The number of hydrogen-bond acceptors (Lipinski definition) is 4. The van der Waals surface area contributed by atoms with Crippen molar-refractivity contribution in [3.8, 4) is 0 Å². The topological polar surface area (TPSA) is 44.4 Å².